The first-order valence-corrected chi connectivity index (χ1v) is 9.88. The summed E-state index contributed by atoms with van der Waals surface area (Å²) in [5.41, 5.74) is 3.74. The summed E-state index contributed by atoms with van der Waals surface area (Å²) in [4.78, 5) is 28.0. The highest BCUT2D eigenvalue weighted by atomic mass is 16.6. The summed E-state index contributed by atoms with van der Waals surface area (Å²) in [6.45, 7) is 8.99. The molecule has 9 nitrogen and oxygen atoms in total. The molecule has 4 rings (SSSR count). The van der Waals surface area contributed by atoms with Crippen molar-refractivity contribution in [3.8, 4) is 5.75 Å². The number of anilines is 2. The van der Waals surface area contributed by atoms with Crippen LogP contribution in [-0.4, -0.2) is 60.1 Å². The molecule has 1 saturated heterocycles. The van der Waals surface area contributed by atoms with E-state index in [0.717, 1.165) is 23.5 Å². The van der Waals surface area contributed by atoms with E-state index in [-0.39, 0.29) is 24.1 Å². The molecule has 9 heteroatoms. The number of hydrogen-bond donors (Lipinski definition) is 2. The topological polar surface area (TPSA) is 95.5 Å². The zero-order chi connectivity index (χ0) is 20.8. The number of ether oxygens (including phenoxy) is 2. The van der Waals surface area contributed by atoms with Crippen molar-refractivity contribution in [2.75, 3.05) is 29.9 Å². The Morgan fingerprint density at radius 2 is 2.17 bits per heavy atom. The molecular formula is C20H27N5O4. The summed E-state index contributed by atoms with van der Waals surface area (Å²) in [5, 5.41) is 7.60. The van der Waals surface area contributed by atoms with Gasteiger partial charge in [-0.15, -0.1) is 0 Å². The first kappa shape index (κ1) is 19.4. The highest BCUT2D eigenvalue weighted by Crippen LogP contribution is 2.37. The van der Waals surface area contributed by atoms with Gasteiger partial charge in [-0.25, -0.2) is 10.2 Å². The van der Waals surface area contributed by atoms with Crippen LogP contribution in [0.2, 0.25) is 0 Å². The predicted molar refractivity (Wildman–Crippen MR) is 109 cm³/mol. The Hall–Kier alpha value is -2.97. The standard InChI is InChI=1S/C20H27N5O4/c1-12-18(26)23-22-17-11-28-16-6-5-13(9-15(16)25(12)17)21-14-7-8-24(10-14)19(27)29-20(2,3)4/h5-6,9,12,14,21H,7-8,10-11H2,1-4H3,(H,23,26)/t12-,14-/m1/s1. The minimum absolute atomic E-state index is 0.125. The number of fused-ring (bicyclic) bond motifs is 3. The molecule has 29 heavy (non-hydrogen) atoms. The van der Waals surface area contributed by atoms with Gasteiger partial charge in [-0.2, -0.15) is 5.10 Å². The maximum absolute atomic E-state index is 12.3. The summed E-state index contributed by atoms with van der Waals surface area (Å²) in [6.07, 6.45) is 0.553. The molecular weight excluding hydrogens is 374 g/mol. The summed E-state index contributed by atoms with van der Waals surface area (Å²) in [7, 11) is 0. The molecule has 0 saturated carbocycles. The van der Waals surface area contributed by atoms with Crippen molar-refractivity contribution >= 4 is 29.2 Å². The van der Waals surface area contributed by atoms with Gasteiger partial charge in [0.25, 0.3) is 5.91 Å². The first-order chi connectivity index (χ1) is 13.7. The molecule has 156 valence electrons. The molecule has 0 aliphatic carbocycles. The fourth-order valence-electron chi connectivity index (χ4n) is 3.72. The van der Waals surface area contributed by atoms with E-state index >= 15 is 0 Å². The third-order valence-electron chi connectivity index (χ3n) is 5.13. The van der Waals surface area contributed by atoms with E-state index in [9.17, 15) is 9.59 Å². The number of carbonyl (C=O) groups excluding carboxylic acids is 2. The lowest BCUT2D eigenvalue weighted by molar-refractivity contribution is -0.122. The Morgan fingerprint density at radius 1 is 1.38 bits per heavy atom. The number of amidine groups is 1. The number of amides is 2. The van der Waals surface area contributed by atoms with Crippen LogP contribution in [0.15, 0.2) is 23.3 Å². The average molecular weight is 401 g/mol. The molecule has 3 aliphatic heterocycles. The number of nitrogens with zero attached hydrogens (tertiary/aromatic N) is 3. The van der Waals surface area contributed by atoms with E-state index in [0.29, 0.717) is 25.5 Å². The van der Waals surface area contributed by atoms with Crippen molar-refractivity contribution in [3.63, 3.8) is 0 Å². The van der Waals surface area contributed by atoms with E-state index in [4.69, 9.17) is 9.47 Å². The van der Waals surface area contributed by atoms with Gasteiger partial charge in [0.05, 0.1) is 5.69 Å². The second-order valence-corrected chi connectivity index (χ2v) is 8.58. The van der Waals surface area contributed by atoms with E-state index in [1.165, 1.54) is 0 Å². The monoisotopic (exact) mass is 401 g/mol. The van der Waals surface area contributed by atoms with Crippen LogP contribution in [0.25, 0.3) is 0 Å². The molecule has 0 spiro atoms. The average Bonchev–Trinajstić information content (AvgIpc) is 3.11. The Bertz CT molecular complexity index is 863. The van der Waals surface area contributed by atoms with Crippen LogP contribution in [0, 0.1) is 0 Å². The molecule has 0 radical (unpaired) electrons. The van der Waals surface area contributed by atoms with Crippen molar-refractivity contribution in [3.05, 3.63) is 18.2 Å². The quantitative estimate of drug-likeness (QED) is 0.788. The number of likely N-dealkylation sites (tertiary alicyclic amines) is 1. The maximum atomic E-state index is 12.3. The van der Waals surface area contributed by atoms with Gasteiger partial charge in [0.15, 0.2) is 5.84 Å². The molecule has 2 atom stereocenters. The fourth-order valence-corrected chi connectivity index (χ4v) is 3.72. The van der Waals surface area contributed by atoms with Crippen molar-refractivity contribution in [2.45, 2.75) is 51.8 Å². The molecule has 0 bridgehead atoms. The van der Waals surface area contributed by atoms with Gasteiger partial charge in [0.1, 0.15) is 24.0 Å². The van der Waals surface area contributed by atoms with Gasteiger partial charge in [0, 0.05) is 24.8 Å². The molecule has 3 aliphatic rings. The number of benzene rings is 1. The van der Waals surface area contributed by atoms with E-state index < -0.39 is 5.60 Å². The minimum Gasteiger partial charge on any atom is -0.483 e. The Labute approximate surface area is 170 Å². The fraction of sp³-hybridized carbons (Fsp3) is 0.550. The third kappa shape index (κ3) is 3.94. The lowest BCUT2D eigenvalue weighted by atomic mass is 10.1. The smallest absolute Gasteiger partial charge is 0.410 e. The van der Waals surface area contributed by atoms with Crippen molar-refractivity contribution < 1.29 is 19.1 Å². The van der Waals surface area contributed by atoms with Crippen LogP contribution in [-0.2, 0) is 9.53 Å². The van der Waals surface area contributed by atoms with Crippen LogP contribution in [0.5, 0.6) is 5.75 Å². The second kappa shape index (κ2) is 7.13. The molecule has 0 unspecified atom stereocenters. The molecule has 0 aromatic heterocycles. The number of rotatable bonds is 2. The van der Waals surface area contributed by atoms with Crippen LogP contribution in [0.3, 0.4) is 0 Å². The normalized spacial score (nSPS) is 23.4. The Kier molecular flexibility index (Phi) is 4.76. The number of carbonyl (C=O) groups is 2. The summed E-state index contributed by atoms with van der Waals surface area (Å²) in [5.74, 6) is 1.25. The van der Waals surface area contributed by atoms with Crippen molar-refractivity contribution in [1.82, 2.24) is 10.3 Å². The predicted octanol–water partition coefficient (Wildman–Crippen LogP) is 2.14. The molecule has 1 fully saturated rings. The number of nitrogens with one attached hydrogen (secondary N) is 2. The zero-order valence-corrected chi connectivity index (χ0v) is 17.2. The molecule has 3 heterocycles. The maximum Gasteiger partial charge on any atom is 0.410 e. The highest BCUT2D eigenvalue weighted by Gasteiger charge is 2.35. The Morgan fingerprint density at radius 3 is 2.93 bits per heavy atom. The van der Waals surface area contributed by atoms with Gasteiger partial charge in [0.2, 0.25) is 0 Å². The van der Waals surface area contributed by atoms with Gasteiger partial charge in [-0.3, -0.25) is 4.79 Å². The first-order valence-electron chi connectivity index (χ1n) is 9.88. The second-order valence-electron chi connectivity index (χ2n) is 8.58. The minimum atomic E-state index is -0.502. The summed E-state index contributed by atoms with van der Waals surface area (Å²) >= 11 is 0. The van der Waals surface area contributed by atoms with Crippen LogP contribution < -0.4 is 20.4 Å². The lowest BCUT2D eigenvalue weighted by Gasteiger charge is -2.38. The Balaban J connectivity index is 1.47. The number of hydrazone groups is 1. The van der Waals surface area contributed by atoms with E-state index in [1.807, 2.05) is 50.8 Å². The van der Waals surface area contributed by atoms with Gasteiger partial charge < -0.3 is 24.6 Å². The lowest BCUT2D eigenvalue weighted by Crippen LogP contribution is -2.55. The number of hydrogen-bond acceptors (Lipinski definition) is 7. The molecule has 1 aromatic carbocycles. The third-order valence-corrected chi connectivity index (χ3v) is 5.13. The van der Waals surface area contributed by atoms with Crippen LogP contribution >= 0.6 is 0 Å². The summed E-state index contributed by atoms with van der Waals surface area (Å²) in [6, 6.07) is 5.57. The largest absolute Gasteiger partial charge is 0.483 e. The van der Waals surface area contributed by atoms with Crippen molar-refractivity contribution in [2.24, 2.45) is 5.10 Å². The van der Waals surface area contributed by atoms with Gasteiger partial charge >= 0.3 is 6.09 Å². The van der Waals surface area contributed by atoms with Crippen LogP contribution in [0.1, 0.15) is 34.1 Å². The van der Waals surface area contributed by atoms with Crippen molar-refractivity contribution in [1.29, 1.82) is 0 Å². The van der Waals surface area contributed by atoms with Gasteiger partial charge in [-0.1, -0.05) is 0 Å². The summed E-state index contributed by atoms with van der Waals surface area (Å²) < 4.78 is 11.2. The SMILES string of the molecule is C[C@@H]1C(=O)NN=C2COc3ccc(N[C@@H]4CCN(C(=O)OC(C)(C)C)C4)cc3N21. The van der Waals surface area contributed by atoms with Crippen LogP contribution in [0.4, 0.5) is 16.2 Å². The highest BCUT2D eigenvalue weighted by molar-refractivity contribution is 6.09. The van der Waals surface area contributed by atoms with Gasteiger partial charge in [-0.05, 0) is 52.3 Å². The zero-order valence-electron chi connectivity index (χ0n) is 17.2. The molecule has 2 amide bonds. The van der Waals surface area contributed by atoms with E-state index in [1.54, 1.807) is 4.90 Å². The molecule has 1 aromatic rings. The molecule has 2 N–H and O–H groups in total. The van der Waals surface area contributed by atoms with E-state index in [2.05, 4.69) is 15.8 Å².